The molecule has 0 radical (unpaired) electrons. The molecule has 188 valence electrons. The number of anilines is 1. The molecule has 0 unspecified atom stereocenters. The van der Waals surface area contributed by atoms with Crippen molar-refractivity contribution in [1.29, 1.82) is 0 Å². The van der Waals surface area contributed by atoms with Gasteiger partial charge in [0.05, 0.1) is 45.0 Å². The number of fused-ring (bicyclic) bond motifs is 2. The molecule has 36 heavy (non-hydrogen) atoms. The van der Waals surface area contributed by atoms with Crippen LogP contribution in [0.5, 0.6) is 17.2 Å². The number of ether oxygens (including phenoxy) is 4. The smallest absolute Gasteiger partial charge is 0.257 e. The molecule has 1 aliphatic heterocycles. The summed E-state index contributed by atoms with van der Waals surface area (Å²) in [6.45, 7) is 1.44. The Morgan fingerprint density at radius 1 is 1.11 bits per heavy atom. The van der Waals surface area contributed by atoms with Crippen molar-refractivity contribution in [3.8, 4) is 17.2 Å². The van der Waals surface area contributed by atoms with E-state index in [0.29, 0.717) is 64.7 Å². The van der Waals surface area contributed by atoms with Gasteiger partial charge >= 0.3 is 0 Å². The third-order valence-corrected chi connectivity index (χ3v) is 6.40. The molecular formula is C26H29N5O5. The van der Waals surface area contributed by atoms with Crippen LogP contribution < -0.4 is 25.3 Å². The number of hydrogen-bond donors (Lipinski definition) is 2. The van der Waals surface area contributed by atoms with Crippen LogP contribution in [0.4, 0.5) is 5.82 Å². The quantitative estimate of drug-likeness (QED) is 0.385. The summed E-state index contributed by atoms with van der Waals surface area (Å²) in [5.74, 6) is 1.51. The van der Waals surface area contributed by atoms with Gasteiger partial charge in [0.15, 0.2) is 17.1 Å². The van der Waals surface area contributed by atoms with Crippen LogP contribution in [0.1, 0.15) is 28.8 Å². The summed E-state index contributed by atoms with van der Waals surface area (Å²) in [6.07, 6.45) is 1.92. The highest BCUT2D eigenvalue weighted by molar-refractivity contribution is 6.10. The molecule has 4 aromatic rings. The highest BCUT2D eigenvalue weighted by Crippen LogP contribution is 2.39. The first-order valence-electron chi connectivity index (χ1n) is 11.8. The molecule has 2 aromatic heterocycles. The fourth-order valence-corrected chi connectivity index (χ4v) is 4.61. The summed E-state index contributed by atoms with van der Waals surface area (Å²) in [7, 11) is 4.68. The van der Waals surface area contributed by atoms with E-state index in [2.05, 4.69) is 5.32 Å². The monoisotopic (exact) mass is 491 g/mol. The number of aromatic nitrogens is 3. The number of hydrogen-bond acceptors (Lipinski definition) is 8. The summed E-state index contributed by atoms with van der Waals surface area (Å²) < 4.78 is 23.9. The summed E-state index contributed by atoms with van der Waals surface area (Å²) >= 11 is 0. The minimum atomic E-state index is -0.304. The van der Waals surface area contributed by atoms with Crippen molar-refractivity contribution >= 4 is 33.9 Å². The zero-order chi connectivity index (χ0) is 25.2. The number of nitrogens with zero attached hydrogens (tertiary/aromatic N) is 3. The lowest BCUT2D eigenvalue weighted by Gasteiger charge is -2.15. The lowest BCUT2D eigenvalue weighted by molar-refractivity contribution is 0.0859. The number of nitrogens with two attached hydrogens (primary N) is 1. The van der Waals surface area contributed by atoms with Crippen LogP contribution in [0.25, 0.3) is 22.2 Å². The molecule has 2 aromatic carbocycles. The topological polar surface area (TPSA) is 123 Å². The van der Waals surface area contributed by atoms with Gasteiger partial charge in [-0.05, 0) is 42.7 Å². The van der Waals surface area contributed by atoms with Crippen molar-refractivity contribution in [1.82, 2.24) is 19.9 Å². The molecule has 1 amide bonds. The van der Waals surface area contributed by atoms with Gasteiger partial charge in [0, 0.05) is 13.2 Å². The standard InChI is InChI=1S/C26H29N5O5/c1-33-19-11-15(12-20(34-2)23(19)35-3)14-31-24(27)21(26(32)28-13-16-7-6-10-36-16)22-25(31)30-18-9-5-4-8-17(18)29-22/h4-5,8-9,11-12,16H,6-7,10,13-14,27H2,1-3H3,(H,28,32)/t16-/m1/s1. The minimum absolute atomic E-state index is 0.00895. The fourth-order valence-electron chi connectivity index (χ4n) is 4.61. The van der Waals surface area contributed by atoms with Gasteiger partial charge in [0.25, 0.3) is 5.91 Å². The molecule has 0 spiro atoms. The first-order chi connectivity index (χ1) is 17.5. The molecule has 3 heterocycles. The van der Waals surface area contributed by atoms with Crippen LogP contribution in [0.15, 0.2) is 36.4 Å². The molecule has 1 saturated heterocycles. The molecule has 5 rings (SSSR count). The first-order valence-corrected chi connectivity index (χ1v) is 11.8. The van der Waals surface area contributed by atoms with E-state index >= 15 is 0 Å². The van der Waals surface area contributed by atoms with Crippen LogP contribution in [0.2, 0.25) is 0 Å². The maximum Gasteiger partial charge on any atom is 0.257 e. The Hall–Kier alpha value is -4.05. The number of nitrogen functional groups attached to an aromatic ring is 1. The normalized spacial score (nSPS) is 15.4. The molecule has 1 aliphatic rings. The Bertz CT molecular complexity index is 1400. The lowest BCUT2D eigenvalue weighted by Crippen LogP contribution is -2.32. The summed E-state index contributed by atoms with van der Waals surface area (Å²) in [5.41, 5.74) is 10.1. The maximum atomic E-state index is 13.3. The number of rotatable bonds is 8. The van der Waals surface area contributed by atoms with Crippen molar-refractivity contribution in [3.05, 3.63) is 47.5 Å². The first kappa shape index (κ1) is 23.7. The largest absolute Gasteiger partial charge is 0.493 e. The SMILES string of the molecule is COc1cc(Cn2c(N)c(C(=O)NC[C@H]3CCCO3)c3nc4ccccc4nc32)cc(OC)c1OC. The van der Waals surface area contributed by atoms with E-state index in [-0.39, 0.29) is 17.8 Å². The van der Waals surface area contributed by atoms with E-state index in [1.807, 2.05) is 36.4 Å². The Morgan fingerprint density at radius 2 is 1.81 bits per heavy atom. The van der Waals surface area contributed by atoms with Crippen LogP contribution in [-0.4, -0.2) is 61.0 Å². The number of methoxy groups -OCH3 is 3. The fraction of sp³-hybridized carbons (Fsp3) is 0.346. The second-order valence-corrected chi connectivity index (χ2v) is 8.61. The van der Waals surface area contributed by atoms with Crippen molar-refractivity contribution in [3.63, 3.8) is 0 Å². The maximum absolute atomic E-state index is 13.3. The molecule has 0 aliphatic carbocycles. The van der Waals surface area contributed by atoms with Gasteiger partial charge in [-0.3, -0.25) is 4.79 Å². The average molecular weight is 492 g/mol. The second-order valence-electron chi connectivity index (χ2n) is 8.61. The average Bonchev–Trinajstić information content (AvgIpc) is 3.51. The predicted octanol–water partition coefficient (Wildman–Crippen LogP) is 3.15. The third kappa shape index (κ3) is 4.24. The van der Waals surface area contributed by atoms with E-state index < -0.39 is 0 Å². The third-order valence-electron chi connectivity index (χ3n) is 6.40. The van der Waals surface area contributed by atoms with Crippen LogP contribution in [0, 0.1) is 0 Å². The van der Waals surface area contributed by atoms with Crippen molar-refractivity contribution < 1.29 is 23.7 Å². The van der Waals surface area contributed by atoms with Crippen LogP contribution >= 0.6 is 0 Å². The Kier molecular flexibility index (Phi) is 6.51. The van der Waals surface area contributed by atoms with E-state index in [0.717, 1.165) is 18.4 Å². The number of para-hydroxylation sites is 2. The molecule has 10 heteroatoms. The van der Waals surface area contributed by atoms with E-state index in [4.69, 9.17) is 34.6 Å². The van der Waals surface area contributed by atoms with E-state index in [9.17, 15) is 4.79 Å². The molecule has 1 atom stereocenters. The van der Waals surface area contributed by atoms with E-state index in [1.165, 1.54) is 0 Å². The Morgan fingerprint density at radius 3 is 2.42 bits per heavy atom. The van der Waals surface area contributed by atoms with Crippen LogP contribution in [-0.2, 0) is 11.3 Å². The van der Waals surface area contributed by atoms with Gasteiger partial charge in [-0.2, -0.15) is 0 Å². The van der Waals surface area contributed by atoms with E-state index in [1.54, 1.807) is 25.9 Å². The van der Waals surface area contributed by atoms with Gasteiger partial charge < -0.3 is 34.6 Å². The number of nitrogens with one attached hydrogen (secondary N) is 1. The number of carbonyl (C=O) groups is 1. The highest BCUT2D eigenvalue weighted by atomic mass is 16.5. The molecule has 0 saturated carbocycles. The highest BCUT2D eigenvalue weighted by Gasteiger charge is 2.26. The number of benzene rings is 2. The van der Waals surface area contributed by atoms with Gasteiger partial charge in [-0.25, -0.2) is 9.97 Å². The van der Waals surface area contributed by atoms with Crippen LogP contribution in [0.3, 0.4) is 0 Å². The molecule has 0 bridgehead atoms. The second kappa shape index (κ2) is 9.90. The zero-order valence-electron chi connectivity index (χ0n) is 20.5. The molecule has 1 fully saturated rings. The van der Waals surface area contributed by atoms with Gasteiger partial charge in [0.1, 0.15) is 16.9 Å². The van der Waals surface area contributed by atoms with Gasteiger partial charge in [0.2, 0.25) is 5.75 Å². The number of amides is 1. The van der Waals surface area contributed by atoms with Crippen molar-refractivity contribution in [2.45, 2.75) is 25.5 Å². The Balaban J connectivity index is 1.61. The summed E-state index contributed by atoms with van der Waals surface area (Å²) in [6, 6.07) is 11.2. The molecule has 10 nitrogen and oxygen atoms in total. The van der Waals surface area contributed by atoms with Crippen molar-refractivity contribution in [2.75, 3.05) is 40.2 Å². The van der Waals surface area contributed by atoms with Gasteiger partial charge in [-0.1, -0.05) is 12.1 Å². The Labute approximate surface area is 208 Å². The molecule has 3 N–H and O–H groups in total. The lowest BCUT2D eigenvalue weighted by atomic mass is 10.1. The predicted molar refractivity (Wildman–Crippen MR) is 136 cm³/mol. The summed E-state index contributed by atoms with van der Waals surface area (Å²) in [5, 5.41) is 2.97. The minimum Gasteiger partial charge on any atom is -0.493 e. The van der Waals surface area contributed by atoms with Crippen molar-refractivity contribution in [2.24, 2.45) is 0 Å². The van der Waals surface area contributed by atoms with Gasteiger partial charge in [-0.15, -0.1) is 0 Å². The zero-order valence-corrected chi connectivity index (χ0v) is 20.5. The summed E-state index contributed by atoms with van der Waals surface area (Å²) in [4.78, 5) is 22.9. The number of carbonyl (C=O) groups excluding carboxylic acids is 1. The molecular weight excluding hydrogens is 462 g/mol.